The van der Waals surface area contributed by atoms with Crippen LogP contribution in [-0.2, 0) is 0 Å². The molecule has 0 saturated heterocycles. The fraction of sp³-hybridized carbons (Fsp3) is 1.00. The average molecular weight is 249 g/mol. The van der Waals surface area contributed by atoms with Gasteiger partial charge in [-0.15, -0.1) is 0 Å². The summed E-state index contributed by atoms with van der Waals surface area (Å²) in [7, 11) is 3.90. The van der Waals surface area contributed by atoms with Crippen molar-refractivity contribution < 1.29 is 0 Å². The van der Waals surface area contributed by atoms with E-state index in [4.69, 9.17) is 0 Å². The maximum absolute atomic E-state index is 2.28. The Morgan fingerprint density at radius 2 is 1.13 bits per heavy atom. The largest absolute Gasteiger partial charge is 0.0976 e. The van der Waals surface area contributed by atoms with E-state index in [9.17, 15) is 0 Å². The van der Waals surface area contributed by atoms with Crippen molar-refractivity contribution in [3.05, 3.63) is 0 Å². The van der Waals surface area contributed by atoms with Gasteiger partial charge >= 0.3 is 0 Å². The Morgan fingerprint density at radius 3 is 1.60 bits per heavy atom. The Kier molecular flexibility index (Phi) is 15.4. The Balaban J connectivity index is 2.81. The highest BCUT2D eigenvalue weighted by Crippen LogP contribution is 2.19. The molecule has 15 heavy (non-hydrogen) atoms. The maximum Gasteiger partial charge on any atom is 0.00368 e. The lowest BCUT2D eigenvalue weighted by atomic mass is 10.1. The molecule has 0 spiro atoms. The zero-order valence-electron chi connectivity index (χ0n) is 10.6. The second-order valence-electron chi connectivity index (χ2n) is 4.17. The molecule has 0 rings (SSSR count). The van der Waals surface area contributed by atoms with Crippen LogP contribution in [0.5, 0.6) is 0 Å². The molecule has 0 aliphatic rings. The molecule has 0 bridgehead atoms. The van der Waals surface area contributed by atoms with Gasteiger partial charge in [-0.3, -0.25) is 0 Å². The highest BCUT2D eigenvalue weighted by Gasteiger charge is 1.92. The van der Waals surface area contributed by atoms with Crippen molar-refractivity contribution >= 4 is 21.6 Å². The minimum Gasteiger partial charge on any atom is -0.0976 e. The second kappa shape index (κ2) is 14.7. The first kappa shape index (κ1) is 15.7. The molecule has 0 fully saturated rings. The van der Waals surface area contributed by atoms with Crippen molar-refractivity contribution in [2.45, 2.75) is 71.1 Å². The van der Waals surface area contributed by atoms with Crippen LogP contribution in [0.4, 0.5) is 0 Å². The van der Waals surface area contributed by atoms with Gasteiger partial charge in [0, 0.05) is 5.75 Å². The Hall–Kier alpha value is 0.700. The summed E-state index contributed by atoms with van der Waals surface area (Å²) in [5.41, 5.74) is 0. The fourth-order valence-corrected chi connectivity index (χ4v) is 3.07. The van der Waals surface area contributed by atoms with Crippen LogP contribution in [0.15, 0.2) is 0 Å². The first-order valence-corrected chi connectivity index (χ1v) is 9.30. The summed E-state index contributed by atoms with van der Waals surface area (Å²) in [5.74, 6) is 1.34. The van der Waals surface area contributed by atoms with Crippen molar-refractivity contribution in [2.24, 2.45) is 0 Å². The van der Waals surface area contributed by atoms with Crippen LogP contribution in [0.25, 0.3) is 0 Å². The molecule has 0 heterocycles. The van der Waals surface area contributed by atoms with Crippen LogP contribution >= 0.6 is 21.6 Å². The molecule has 0 aromatic rings. The fourth-order valence-electron chi connectivity index (χ4n) is 1.73. The van der Waals surface area contributed by atoms with Crippen molar-refractivity contribution in [2.75, 3.05) is 12.0 Å². The lowest BCUT2D eigenvalue weighted by Gasteiger charge is -2.01. The summed E-state index contributed by atoms with van der Waals surface area (Å²) in [6.07, 6.45) is 16.6. The predicted molar refractivity (Wildman–Crippen MR) is 77.8 cm³/mol. The number of hydrogen-bond donors (Lipinski definition) is 0. The highest BCUT2D eigenvalue weighted by molar-refractivity contribution is 8.76. The van der Waals surface area contributed by atoms with Gasteiger partial charge in [-0.1, -0.05) is 86.3 Å². The monoisotopic (exact) mass is 248 g/mol. The van der Waals surface area contributed by atoms with Crippen molar-refractivity contribution in [3.63, 3.8) is 0 Å². The van der Waals surface area contributed by atoms with Gasteiger partial charge in [-0.2, -0.15) is 0 Å². The SMILES string of the molecule is CCCCCCCCCCCCSSC. The normalized spacial score (nSPS) is 10.8. The van der Waals surface area contributed by atoms with E-state index in [-0.39, 0.29) is 0 Å². The van der Waals surface area contributed by atoms with Gasteiger partial charge in [-0.25, -0.2) is 0 Å². The number of hydrogen-bond acceptors (Lipinski definition) is 2. The van der Waals surface area contributed by atoms with Crippen LogP contribution in [0.2, 0.25) is 0 Å². The third kappa shape index (κ3) is 14.7. The number of unbranched alkanes of at least 4 members (excludes halogenated alkanes) is 9. The average Bonchev–Trinajstić information content (AvgIpc) is 2.26. The molecule has 0 N–H and O–H groups in total. The molecule has 0 unspecified atom stereocenters. The van der Waals surface area contributed by atoms with Crippen molar-refractivity contribution in [3.8, 4) is 0 Å². The molecule has 0 aliphatic heterocycles. The lowest BCUT2D eigenvalue weighted by Crippen LogP contribution is -1.82. The zero-order chi connectivity index (χ0) is 11.2. The molecule has 2 heteroatoms. The number of rotatable bonds is 12. The van der Waals surface area contributed by atoms with E-state index >= 15 is 0 Å². The summed E-state index contributed by atoms with van der Waals surface area (Å²) >= 11 is 0. The van der Waals surface area contributed by atoms with Gasteiger partial charge < -0.3 is 0 Å². The van der Waals surface area contributed by atoms with Crippen LogP contribution in [0.3, 0.4) is 0 Å². The van der Waals surface area contributed by atoms with Crippen molar-refractivity contribution in [1.29, 1.82) is 0 Å². The quantitative estimate of drug-likeness (QED) is 0.311. The predicted octanol–water partition coefficient (Wildman–Crippen LogP) is 5.92. The molecule has 0 amide bonds. The standard InChI is InChI=1S/C13H28S2/c1-3-4-5-6-7-8-9-10-11-12-13-15-14-2/h3-13H2,1-2H3. The van der Waals surface area contributed by atoms with Gasteiger partial charge in [0.05, 0.1) is 0 Å². The summed E-state index contributed by atoms with van der Waals surface area (Å²) in [6, 6.07) is 0. The third-order valence-corrected chi connectivity index (χ3v) is 4.60. The first-order valence-electron chi connectivity index (χ1n) is 6.57. The Morgan fingerprint density at radius 1 is 0.667 bits per heavy atom. The smallest absolute Gasteiger partial charge is 0.00368 e. The van der Waals surface area contributed by atoms with E-state index in [1.165, 1.54) is 70.0 Å². The van der Waals surface area contributed by atoms with Crippen molar-refractivity contribution in [1.82, 2.24) is 0 Å². The molecule has 0 aromatic heterocycles. The van der Waals surface area contributed by atoms with E-state index in [0.29, 0.717) is 0 Å². The summed E-state index contributed by atoms with van der Waals surface area (Å²) < 4.78 is 0. The molecule has 0 aromatic carbocycles. The zero-order valence-corrected chi connectivity index (χ0v) is 12.2. The Labute approximate surface area is 105 Å². The first-order chi connectivity index (χ1) is 7.41. The van der Waals surface area contributed by atoms with Gasteiger partial charge in [0.15, 0.2) is 0 Å². The van der Waals surface area contributed by atoms with E-state index in [1.54, 1.807) is 0 Å². The molecular weight excluding hydrogens is 220 g/mol. The van der Waals surface area contributed by atoms with Crippen LogP contribution in [0, 0.1) is 0 Å². The summed E-state index contributed by atoms with van der Waals surface area (Å²) in [5, 5.41) is 0. The van der Waals surface area contributed by atoms with Crippen LogP contribution in [0.1, 0.15) is 71.1 Å². The molecular formula is C13H28S2. The minimum atomic E-state index is 1.34. The molecule has 92 valence electrons. The summed E-state index contributed by atoms with van der Waals surface area (Å²) in [4.78, 5) is 0. The second-order valence-corrected chi connectivity index (χ2v) is 6.86. The molecule has 0 saturated carbocycles. The Bertz CT molecular complexity index is 92.7. The summed E-state index contributed by atoms with van der Waals surface area (Å²) in [6.45, 7) is 2.28. The lowest BCUT2D eigenvalue weighted by molar-refractivity contribution is 0.563. The van der Waals surface area contributed by atoms with Gasteiger partial charge in [0.1, 0.15) is 0 Å². The van der Waals surface area contributed by atoms with Crippen LogP contribution < -0.4 is 0 Å². The van der Waals surface area contributed by atoms with Gasteiger partial charge in [0.2, 0.25) is 0 Å². The maximum atomic E-state index is 2.28. The molecule has 0 radical (unpaired) electrons. The van der Waals surface area contributed by atoms with E-state index in [1.807, 2.05) is 21.6 Å². The highest BCUT2D eigenvalue weighted by atomic mass is 33.1. The van der Waals surface area contributed by atoms with E-state index < -0.39 is 0 Å². The molecule has 0 aliphatic carbocycles. The van der Waals surface area contributed by atoms with E-state index in [2.05, 4.69) is 13.2 Å². The molecule has 0 nitrogen and oxygen atoms in total. The molecule has 0 atom stereocenters. The van der Waals surface area contributed by atoms with Gasteiger partial charge in [0.25, 0.3) is 0 Å². The minimum absolute atomic E-state index is 1.34. The topological polar surface area (TPSA) is 0 Å². The third-order valence-electron chi connectivity index (χ3n) is 2.70. The van der Waals surface area contributed by atoms with Crippen LogP contribution in [-0.4, -0.2) is 12.0 Å². The van der Waals surface area contributed by atoms with E-state index in [0.717, 1.165) is 0 Å². The van der Waals surface area contributed by atoms with Gasteiger partial charge in [-0.05, 0) is 12.7 Å².